The molecule has 0 saturated heterocycles. The molecule has 4 heteroatoms. The highest BCUT2D eigenvalue weighted by atomic mass is 32.1. The van der Waals surface area contributed by atoms with Gasteiger partial charge in [-0.1, -0.05) is 32.6 Å². The fourth-order valence-electron chi connectivity index (χ4n) is 1.48. The Labute approximate surface area is 101 Å². The summed E-state index contributed by atoms with van der Waals surface area (Å²) in [6.45, 7) is 4.18. The minimum Gasteiger partial charge on any atom is -0.302 e. The molecule has 1 N–H and O–H groups in total. The summed E-state index contributed by atoms with van der Waals surface area (Å²) in [7, 11) is 0. The van der Waals surface area contributed by atoms with Crippen molar-refractivity contribution in [2.45, 2.75) is 52.4 Å². The molecule has 1 aromatic rings. The van der Waals surface area contributed by atoms with Crippen LogP contribution in [0.15, 0.2) is 6.20 Å². The fraction of sp³-hybridized carbons (Fsp3) is 0.667. The molecule has 1 rings (SSSR count). The molecule has 0 saturated carbocycles. The number of aromatic nitrogens is 1. The van der Waals surface area contributed by atoms with Crippen LogP contribution in [0, 0.1) is 6.92 Å². The first kappa shape index (κ1) is 13.2. The number of anilines is 1. The van der Waals surface area contributed by atoms with E-state index in [2.05, 4.69) is 17.2 Å². The maximum absolute atomic E-state index is 11.5. The van der Waals surface area contributed by atoms with E-state index < -0.39 is 0 Å². The van der Waals surface area contributed by atoms with Crippen molar-refractivity contribution in [3.63, 3.8) is 0 Å². The van der Waals surface area contributed by atoms with Crippen molar-refractivity contribution < 1.29 is 4.79 Å². The van der Waals surface area contributed by atoms with Crippen LogP contribution in [0.5, 0.6) is 0 Å². The minimum atomic E-state index is 0.0887. The second kappa shape index (κ2) is 7.39. The monoisotopic (exact) mass is 240 g/mol. The molecular weight excluding hydrogens is 220 g/mol. The quantitative estimate of drug-likeness (QED) is 0.737. The zero-order valence-electron chi connectivity index (χ0n) is 10.1. The number of aryl methyl sites for hydroxylation is 1. The highest BCUT2D eigenvalue weighted by Gasteiger charge is 2.04. The summed E-state index contributed by atoms with van der Waals surface area (Å²) in [4.78, 5) is 16.7. The van der Waals surface area contributed by atoms with E-state index in [0.29, 0.717) is 6.42 Å². The second-order valence-electron chi connectivity index (χ2n) is 3.99. The van der Waals surface area contributed by atoms with Crippen molar-refractivity contribution in [3.05, 3.63) is 11.1 Å². The molecule has 0 aliphatic carbocycles. The lowest BCUT2D eigenvalue weighted by molar-refractivity contribution is -0.116. The third-order valence-electron chi connectivity index (χ3n) is 2.38. The van der Waals surface area contributed by atoms with Crippen molar-refractivity contribution in [2.75, 3.05) is 5.32 Å². The number of amides is 1. The van der Waals surface area contributed by atoms with Crippen LogP contribution < -0.4 is 5.32 Å². The van der Waals surface area contributed by atoms with Crippen LogP contribution in [0.4, 0.5) is 5.13 Å². The van der Waals surface area contributed by atoms with Gasteiger partial charge in [-0.25, -0.2) is 4.98 Å². The van der Waals surface area contributed by atoms with Gasteiger partial charge in [-0.2, -0.15) is 0 Å². The maximum atomic E-state index is 11.5. The van der Waals surface area contributed by atoms with E-state index >= 15 is 0 Å². The Morgan fingerprint density at radius 1 is 1.38 bits per heavy atom. The van der Waals surface area contributed by atoms with Gasteiger partial charge in [0.2, 0.25) is 5.91 Å². The van der Waals surface area contributed by atoms with Gasteiger partial charge in [0.15, 0.2) is 5.13 Å². The molecule has 16 heavy (non-hydrogen) atoms. The van der Waals surface area contributed by atoms with Crippen molar-refractivity contribution in [2.24, 2.45) is 0 Å². The average molecular weight is 240 g/mol. The largest absolute Gasteiger partial charge is 0.302 e. The Balaban J connectivity index is 2.11. The summed E-state index contributed by atoms with van der Waals surface area (Å²) in [5, 5.41) is 3.54. The van der Waals surface area contributed by atoms with Crippen molar-refractivity contribution in [3.8, 4) is 0 Å². The van der Waals surface area contributed by atoms with Crippen LogP contribution >= 0.6 is 11.3 Å². The molecule has 3 nitrogen and oxygen atoms in total. The highest BCUT2D eigenvalue weighted by molar-refractivity contribution is 7.15. The zero-order chi connectivity index (χ0) is 11.8. The molecule has 0 aliphatic rings. The SMILES string of the molecule is CCCCCCCC(=O)Nc1ncc(C)s1. The molecular formula is C12H20N2OS. The van der Waals surface area contributed by atoms with Gasteiger partial charge in [0.05, 0.1) is 0 Å². The molecule has 0 spiro atoms. The van der Waals surface area contributed by atoms with Crippen LogP contribution in [-0.4, -0.2) is 10.9 Å². The van der Waals surface area contributed by atoms with Gasteiger partial charge in [0.1, 0.15) is 0 Å². The zero-order valence-corrected chi connectivity index (χ0v) is 10.9. The molecule has 0 atom stereocenters. The lowest BCUT2D eigenvalue weighted by Crippen LogP contribution is -2.10. The summed E-state index contributed by atoms with van der Waals surface area (Å²) < 4.78 is 0. The van der Waals surface area contributed by atoms with Crippen LogP contribution in [-0.2, 0) is 4.79 Å². The average Bonchev–Trinajstić information content (AvgIpc) is 2.63. The van der Waals surface area contributed by atoms with Gasteiger partial charge < -0.3 is 5.32 Å². The number of thiazole rings is 1. The predicted octanol–water partition coefficient (Wildman–Crippen LogP) is 3.75. The van der Waals surface area contributed by atoms with E-state index in [1.54, 1.807) is 6.20 Å². The number of carbonyl (C=O) groups excluding carboxylic acids is 1. The van der Waals surface area contributed by atoms with Gasteiger partial charge in [-0.05, 0) is 13.3 Å². The Morgan fingerprint density at radius 2 is 2.12 bits per heavy atom. The van der Waals surface area contributed by atoms with Crippen LogP contribution in [0.25, 0.3) is 0 Å². The molecule has 0 aromatic carbocycles. The first-order valence-corrected chi connectivity index (χ1v) is 6.76. The summed E-state index contributed by atoms with van der Waals surface area (Å²) in [6.07, 6.45) is 8.27. The Morgan fingerprint density at radius 3 is 2.75 bits per heavy atom. The number of hydrogen-bond acceptors (Lipinski definition) is 3. The number of nitrogens with zero attached hydrogens (tertiary/aromatic N) is 1. The summed E-state index contributed by atoms with van der Waals surface area (Å²) in [5.41, 5.74) is 0. The van der Waals surface area contributed by atoms with Crippen LogP contribution in [0.2, 0.25) is 0 Å². The third kappa shape index (κ3) is 5.26. The minimum absolute atomic E-state index is 0.0887. The van der Waals surface area contributed by atoms with Crippen LogP contribution in [0.1, 0.15) is 50.3 Å². The highest BCUT2D eigenvalue weighted by Crippen LogP contribution is 2.17. The fourth-order valence-corrected chi connectivity index (χ4v) is 2.16. The number of nitrogens with one attached hydrogen (secondary N) is 1. The van der Waals surface area contributed by atoms with Crippen molar-refractivity contribution >= 4 is 22.4 Å². The first-order chi connectivity index (χ1) is 7.72. The Kier molecular flexibility index (Phi) is 6.08. The molecule has 0 bridgehead atoms. The van der Waals surface area contributed by atoms with Gasteiger partial charge in [-0.3, -0.25) is 4.79 Å². The number of unbranched alkanes of at least 4 members (excludes halogenated alkanes) is 4. The number of rotatable bonds is 7. The summed E-state index contributed by atoms with van der Waals surface area (Å²) >= 11 is 1.52. The first-order valence-electron chi connectivity index (χ1n) is 5.94. The molecule has 0 unspecified atom stereocenters. The Bertz CT molecular complexity index is 323. The van der Waals surface area contributed by atoms with Crippen molar-refractivity contribution in [1.82, 2.24) is 4.98 Å². The lowest BCUT2D eigenvalue weighted by atomic mass is 10.1. The summed E-state index contributed by atoms with van der Waals surface area (Å²) in [5.74, 6) is 0.0887. The lowest BCUT2D eigenvalue weighted by Gasteiger charge is -2.01. The molecule has 0 radical (unpaired) electrons. The summed E-state index contributed by atoms with van der Waals surface area (Å²) in [6, 6.07) is 0. The predicted molar refractivity (Wildman–Crippen MR) is 68.9 cm³/mol. The van der Waals surface area contributed by atoms with E-state index in [0.717, 1.165) is 22.9 Å². The van der Waals surface area contributed by atoms with Gasteiger partial charge in [-0.15, -0.1) is 11.3 Å². The normalized spacial score (nSPS) is 10.4. The van der Waals surface area contributed by atoms with E-state index in [9.17, 15) is 4.79 Å². The van der Waals surface area contributed by atoms with E-state index in [1.807, 2.05) is 6.92 Å². The van der Waals surface area contributed by atoms with E-state index in [1.165, 1.54) is 30.6 Å². The van der Waals surface area contributed by atoms with E-state index in [-0.39, 0.29) is 5.91 Å². The number of hydrogen-bond donors (Lipinski definition) is 1. The van der Waals surface area contributed by atoms with Gasteiger partial charge in [0, 0.05) is 17.5 Å². The molecule has 1 heterocycles. The van der Waals surface area contributed by atoms with Crippen molar-refractivity contribution in [1.29, 1.82) is 0 Å². The Hall–Kier alpha value is -0.900. The molecule has 1 amide bonds. The molecule has 1 aromatic heterocycles. The topological polar surface area (TPSA) is 42.0 Å². The molecule has 0 fully saturated rings. The van der Waals surface area contributed by atoms with E-state index in [4.69, 9.17) is 0 Å². The molecule has 0 aliphatic heterocycles. The maximum Gasteiger partial charge on any atom is 0.226 e. The standard InChI is InChI=1S/C12H20N2OS/c1-3-4-5-6-7-8-11(15)14-12-13-9-10(2)16-12/h9H,3-8H2,1-2H3,(H,13,14,15). The number of carbonyl (C=O) groups is 1. The smallest absolute Gasteiger partial charge is 0.226 e. The van der Waals surface area contributed by atoms with Gasteiger partial charge in [0.25, 0.3) is 0 Å². The second-order valence-corrected chi connectivity index (χ2v) is 5.22. The molecule has 90 valence electrons. The van der Waals surface area contributed by atoms with Crippen LogP contribution in [0.3, 0.4) is 0 Å². The van der Waals surface area contributed by atoms with Gasteiger partial charge >= 0.3 is 0 Å². The third-order valence-corrected chi connectivity index (χ3v) is 3.20.